The van der Waals surface area contributed by atoms with E-state index in [1.54, 1.807) is 18.2 Å². The summed E-state index contributed by atoms with van der Waals surface area (Å²) in [5.74, 6) is -0.875. The number of aryl methyl sites for hydroxylation is 2. The van der Waals surface area contributed by atoms with Crippen molar-refractivity contribution in [1.29, 1.82) is 0 Å². The number of nitrogens with zero attached hydrogens (tertiary/aromatic N) is 2. The first kappa shape index (κ1) is 19.1. The van der Waals surface area contributed by atoms with Crippen molar-refractivity contribution in [3.05, 3.63) is 58.9 Å². The number of fused-ring (bicyclic) bond motifs is 1. The van der Waals surface area contributed by atoms with Crippen LogP contribution in [0.3, 0.4) is 0 Å². The van der Waals surface area contributed by atoms with Gasteiger partial charge in [0, 0.05) is 26.2 Å². The van der Waals surface area contributed by atoms with Crippen molar-refractivity contribution in [3.63, 3.8) is 0 Å². The largest absolute Gasteiger partial charge is 0.368 e. The Kier molecular flexibility index (Phi) is 4.97. The van der Waals surface area contributed by atoms with E-state index in [0.29, 0.717) is 36.8 Å². The van der Waals surface area contributed by atoms with Crippen molar-refractivity contribution in [2.75, 3.05) is 31.1 Å². The maximum atomic E-state index is 14.1. The van der Waals surface area contributed by atoms with Gasteiger partial charge >= 0.3 is 0 Å². The van der Waals surface area contributed by atoms with Crippen LogP contribution in [0.2, 0.25) is 0 Å². The monoisotopic (exact) mass is 402 g/mol. The Morgan fingerprint density at radius 2 is 1.71 bits per heavy atom. The molecule has 148 valence electrons. The van der Waals surface area contributed by atoms with E-state index in [1.807, 2.05) is 17.0 Å². The zero-order chi connectivity index (χ0) is 19.9. The zero-order valence-corrected chi connectivity index (χ0v) is 16.6. The Balaban J connectivity index is 1.53. The summed E-state index contributed by atoms with van der Waals surface area (Å²) in [5.41, 5.74) is 2.97. The predicted molar refractivity (Wildman–Crippen MR) is 106 cm³/mol. The van der Waals surface area contributed by atoms with Gasteiger partial charge in [0.15, 0.2) is 5.78 Å². The fraction of sp³-hybridized carbons (Fsp3) is 0.381. The molecule has 0 aromatic heterocycles. The van der Waals surface area contributed by atoms with Gasteiger partial charge in [-0.2, -0.15) is 4.31 Å². The van der Waals surface area contributed by atoms with Gasteiger partial charge in [-0.3, -0.25) is 4.79 Å². The molecule has 0 radical (unpaired) electrons. The van der Waals surface area contributed by atoms with Crippen LogP contribution in [0.25, 0.3) is 0 Å². The maximum absolute atomic E-state index is 14.1. The average molecular weight is 402 g/mol. The smallest absolute Gasteiger partial charge is 0.243 e. The van der Waals surface area contributed by atoms with Crippen LogP contribution in [0.1, 0.15) is 34.8 Å². The van der Waals surface area contributed by atoms with E-state index in [2.05, 4.69) is 0 Å². The van der Waals surface area contributed by atoms with Crippen molar-refractivity contribution in [3.8, 4) is 0 Å². The summed E-state index contributed by atoms with van der Waals surface area (Å²) in [6.07, 6.45) is 3.02. The lowest BCUT2D eigenvalue weighted by molar-refractivity contribution is 0.101. The number of hydrogen-bond donors (Lipinski definition) is 0. The second-order valence-corrected chi connectivity index (χ2v) is 9.30. The van der Waals surface area contributed by atoms with Crippen LogP contribution in [0.5, 0.6) is 0 Å². The molecular formula is C21H23FN2O3S. The minimum atomic E-state index is -3.56. The number of rotatable bonds is 4. The van der Waals surface area contributed by atoms with Gasteiger partial charge in [-0.05, 0) is 61.6 Å². The molecule has 1 fully saturated rings. The van der Waals surface area contributed by atoms with Crippen LogP contribution < -0.4 is 4.90 Å². The molecule has 0 atom stereocenters. The first-order valence-electron chi connectivity index (χ1n) is 9.54. The van der Waals surface area contributed by atoms with Gasteiger partial charge in [0.05, 0.1) is 16.1 Å². The SMILES string of the molecule is CC(=O)c1c(F)cccc1N1CCN(S(=O)(=O)c2ccc3c(c2)CCC3)CC1. The van der Waals surface area contributed by atoms with Crippen molar-refractivity contribution >= 4 is 21.5 Å². The van der Waals surface area contributed by atoms with E-state index >= 15 is 0 Å². The summed E-state index contributed by atoms with van der Waals surface area (Å²) in [7, 11) is -3.56. The molecule has 5 nitrogen and oxygen atoms in total. The third-order valence-corrected chi connectivity index (χ3v) is 7.53. The van der Waals surface area contributed by atoms with Gasteiger partial charge in [0.1, 0.15) is 5.82 Å². The van der Waals surface area contributed by atoms with Crippen LogP contribution in [-0.4, -0.2) is 44.7 Å². The molecule has 1 heterocycles. The Labute approximate surface area is 164 Å². The number of hydrogen-bond acceptors (Lipinski definition) is 4. The first-order valence-corrected chi connectivity index (χ1v) is 11.0. The lowest BCUT2D eigenvalue weighted by atomic mass is 10.1. The third kappa shape index (κ3) is 3.33. The van der Waals surface area contributed by atoms with Gasteiger partial charge in [-0.15, -0.1) is 0 Å². The summed E-state index contributed by atoms with van der Waals surface area (Å²) >= 11 is 0. The fourth-order valence-electron chi connectivity index (χ4n) is 4.15. The highest BCUT2D eigenvalue weighted by molar-refractivity contribution is 7.89. The average Bonchev–Trinajstić information content (AvgIpc) is 3.15. The standard InChI is InChI=1S/C21H23FN2O3S/c1-15(25)21-19(22)6-3-7-20(21)23-10-12-24(13-11-23)28(26,27)18-9-8-16-4-2-5-17(16)14-18/h3,6-9,14H,2,4-5,10-13H2,1H3. The quantitative estimate of drug-likeness (QED) is 0.738. The number of sulfonamides is 1. The second-order valence-electron chi connectivity index (χ2n) is 7.37. The fourth-order valence-corrected chi connectivity index (χ4v) is 5.63. The number of carbonyl (C=O) groups is 1. The topological polar surface area (TPSA) is 57.7 Å². The van der Waals surface area contributed by atoms with Crippen molar-refractivity contribution < 1.29 is 17.6 Å². The molecule has 4 rings (SSSR count). The normalized spacial score (nSPS) is 17.6. The van der Waals surface area contributed by atoms with Gasteiger partial charge in [-0.1, -0.05) is 12.1 Å². The minimum Gasteiger partial charge on any atom is -0.368 e. The van der Waals surface area contributed by atoms with E-state index in [1.165, 1.54) is 22.9 Å². The highest BCUT2D eigenvalue weighted by Gasteiger charge is 2.30. The molecule has 7 heteroatoms. The van der Waals surface area contributed by atoms with Crippen molar-refractivity contribution in [2.24, 2.45) is 0 Å². The number of halogens is 1. The van der Waals surface area contributed by atoms with E-state index in [0.717, 1.165) is 24.8 Å². The minimum absolute atomic E-state index is 0.0671. The van der Waals surface area contributed by atoms with Crippen LogP contribution in [0, 0.1) is 5.82 Å². The first-order chi connectivity index (χ1) is 13.4. The third-order valence-electron chi connectivity index (χ3n) is 5.63. The van der Waals surface area contributed by atoms with E-state index in [-0.39, 0.29) is 11.3 Å². The lowest BCUT2D eigenvalue weighted by Crippen LogP contribution is -2.49. The molecule has 0 bridgehead atoms. The van der Waals surface area contributed by atoms with Crippen LogP contribution >= 0.6 is 0 Å². The molecule has 0 unspecified atom stereocenters. The van der Waals surface area contributed by atoms with Crippen LogP contribution in [-0.2, 0) is 22.9 Å². The highest BCUT2D eigenvalue weighted by atomic mass is 32.2. The Hall–Kier alpha value is -2.25. The summed E-state index contributed by atoms with van der Waals surface area (Å²) in [5, 5.41) is 0. The lowest BCUT2D eigenvalue weighted by Gasteiger charge is -2.36. The zero-order valence-electron chi connectivity index (χ0n) is 15.8. The summed E-state index contributed by atoms with van der Waals surface area (Å²) < 4.78 is 41.7. The number of piperazine rings is 1. The van der Waals surface area contributed by atoms with Crippen LogP contribution in [0.15, 0.2) is 41.3 Å². The molecule has 0 spiro atoms. The number of ketones is 1. The Morgan fingerprint density at radius 1 is 1.00 bits per heavy atom. The molecule has 1 aliphatic carbocycles. The molecule has 2 aromatic carbocycles. The maximum Gasteiger partial charge on any atom is 0.243 e. The van der Waals surface area contributed by atoms with Gasteiger partial charge < -0.3 is 4.90 Å². The molecule has 0 N–H and O–H groups in total. The van der Waals surface area contributed by atoms with E-state index in [4.69, 9.17) is 0 Å². The summed E-state index contributed by atoms with van der Waals surface area (Å²) in [4.78, 5) is 14.1. The van der Waals surface area contributed by atoms with Gasteiger partial charge in [0.2, 0.25) is 10.0 Å². The molecule has 0 saturated carbocycles. The molecule has 1 saturated heterocycles. The van der Waals surface area contributed by atoms with E-state index in [9.17, 15) is 17.6 Å². The number of anilines is 1. The van der Waals surface area contributed by atoms with Crippen LogP contribution in [0.4, 0.5) is 10.1 Å². The number of benzene rings is 2. The molecule has 1 aliphatic heterocycles. The molecule has 2 aliphatic rings. The number of carbonyl (C=O) groups excluding carboxylic acids is 1. The highest BCUT2D eigenvalue weighted by Crippen LogP contribution is 2.29. The van der Waals surface area contributed by atoms with Crippen molar-refractivity contribution in [2.45, 2.75) is 31.1 Å². The molecule has 2 aromatic rings. The molecule has 28 heavy (non-hydrogen) atoms. The van der Waals surface area contributed by atoms with Crippen molar-refractivity contribution in [1.82, 2.24) is 4.31 Å². The Bertz CT molecular complexity index is 1030. The Morgan fingerprint density at radius 3 is 2.43 bits per heavy atom. The predicted octanol–water partition coefficient (Wildman–Crippen LogP) is 3.03. The second kappa shape index (κ2) is 7.29. The number of Topliss-reactive ketones (excluding diaryl/α,β-unsaturated/α-hetero) is 1. The van der Waals surface area contributed by atoms with E-state index < -0.39 is 15.8 Å². The van der Waals surface area contributed by atoms with Gasteiger partial charge in [0.25, 0.3) is 0 Å². The molecular weight excluding hydrogens is 379 g/mol. The summed E-state index contributed by atoms with van der Waals surface area (Å²) in [6.45, 7) is 2.76. The van der Waals surface area contributed by atoms with Gasteiger partial charge in [-0.25, -0.2) is 12.8 Å². The summed E-state index contributed by atoms with van der Waals surface area (Å²) in [6, 6.07) is 10.00. The molecule has 0 amide bonds.